The van der Waals surface area contributed by atoms with Crippen molar-refractivity contribution in [2.24, 2.45) is 0 Å². The van der Waals surface area contributed by atoms with Gasteiger partial charge < -0.3 is 5.32 Å². The molecule has 0 fully saturated rings. The van der Waals surface area contributed by atoms with Crippen LogP contribution in [-0.2, 0) is 17.4 Å². The van der Waals surface area contributed by atoms with Gasteiger partial charge >= 0.3 is 6.18 Å². The van der Waals surface area contributed by atoms with Crippen molar-refractivity contribution in [3.05, 3.63) is 58.5 Å². The number of nitrogens with one attached hydrogen (secondary N) is 1. The molecule has 1 N–H and O–H groups in total. The van der Waals surface area contributed by atoms with Crippen molar-refractivity contribution in [3.8, 4) is 6.07 Å². The van der Waals surface area contributed by atoms with Crippen molar-refractivity contribution in [1.29, 1.82) is 5.26 Å². The van der Waals surface area contributed by atoms with Gasteiger partial charge in [-0.1, -0.05) is 23.9 Å². The Hall–Kier alpha value is -2.60. The highest BCUT2D eigenvalue weighted by molar-refractivity contribution is 8.00. The number of rotatable bonds is 6. The zero-order valence-electron chi connectivity index (χ0n) is 14.2. The van der Waals surface area contributed by atoms with E-state index in [9.17, 15) is 22.4 Å². The number of carbonyl (C=O) groups excluding carboxylic acids is 1. The second-order valence-corrected chi connectivity index (χ2v) is 6.58. The van der Waals surface area contributed by atoms with Crippen LogP contribution >= 0.6 is 11.8 Å². The number of carbonyl (C=O) groups is 1. The smallest absolute Gasteiger partial charge is 0.355 e. The third-order valence-electron chi connectivity index (χ3n) is 3.52. The van der Waals surface area contributed by atoms with E-state index in [1.165, 1.54) is 25.1 Å². The number of aromatic nitrogens is 1. The first kappa shape index (κ1) is 20.7. The van der Waals surface area contributed by atoms with Gasteiger partial charge in [-0.25, -0.2) is 9.37 Å². The Morgan fingerprint density at radius 3 is 2.56 bits per heavy atom. The number of pyridine rings is 1. The van der Waals surface area contributed by atoms with Crippen LogP contribution in [0.25, 0.3) is 0 Å². The first-order valence-corrected chi connectivity index (χ1v) is 8.82. The number of aryl methyl sites for hydroxylation is 1. The number of halogens is 4. The number of hydrogen-bond donors (Lipinski definition) is 1. The molecule has 9 heteroatoms. The van der Waals surface area contributed by atoms with Crippen molar-refractivity contribution in [1.82, 2.24) is 10.3 Å². The summed E-state index contributed by atoms with van der Waals surface area (Å²) in [6.45, 7) is 1.69. The fraction of sp³-hybridized carbons (Fsp3) is 0.278. The molecule has 4 nitrogen and oxygen atoms in total. The normalized spacial score (nSPS) is 11.1. The predicted octanol–water partition coefficient (Wildman–Crippen LogP) is 3.87. The second-order valence-electron chi connectivity index (χ2n) is 5.62. The maximum Gasteiger partial charge on any atom is 0.417 e. The zero-order chi connectivity index (χ0) is 20.0. The van der Waals surface area contributed by atoms with Gasteiger partial charge in [0.1, 0.15) is 16.9 Å². The summed E-state index contributed by atoms with van der Waals surface area (Å²) in [5.74, 6) is -0.925. The topological polar surface area (TPSA) is 65.8 Å². The molecule has 1 heterocycles. The molecule has 1 amide bonds. The Balaban J connectivity index is 1.95. The van der Waals surface area contributed by atoms with Crippen molar-refractivity contribution in [3.63, 3.8) is 0 Å². The highest BCUT2D eigenvalue weighted by atomic mass is 32.2. The van der Waals surface area contributed by atoms with E-state index in [0.29, 0.717) is 13.0 Å². The summed E-state index contributed by atoms with van der Waals surface area (Å²) in [7, 11) is 0. The summed E-state index contributed by atoms with van der Waals surface area (Å²) in [4.78, 5) is 15.9. The fourth-order valence-electron chi connectivity index (χ4n) is 2.26. The molecule has 27 heavy (non-hydrogen) atoms. The molecule has 0 spiro atoms. The molecule has 142 valence electrons. The zero-order valence-corrected chi connectivity index (χ0v) is 15.0. The van der Waals surface area contributed by atoms with Crippen LogP contribution in [0, 0.1) is 24.1 Å². The van der Waals surface area contributed by atoms with E-state index >= 15 is 0 Å². The lowest BCUT2D eigenvalue weighted by Crippen LogP contribution is -2.27. The molecule has 0 unspecified atom stereocenters. The van der Waals surface area contributed by atoms with E-state index in [1.54, 1.807) is 12.1 Å². The van der Waals surface area contributed by atoms with Gasteiger partial charge in [0.2, 0.25) is 5.91 Å². The average molecular weight is 397 g/mol. The Labute approximate surface area is 157 Å². The molecule has 0 bridgehead atoms. The molecule has 0 radical (unpaired) electrons. The van der Waals surface area contributed by atoms with Crippen LogP contribution in [0.5, 0.6) is 0 Å². The Morgan fingerprint density at radius 1 is 1.30 bits per heavy atom. The van der Waals surface area contributed by atoms with Gasteiger partial charge in [0.25, 0.3) is 0 Å². The molecule has 0 saturated heterocycles. The molecule has 1 aromatic heterocycles. The highest BCUT2D eigenvalue weighted by Crippen LogP contribution is 2.35. The standard InChI is InChI=1S/C18H15F4N3OS/c1-11-8-15(18(20,21)22)14(9-23)17(25-11)27-10-16(26)24-7-6-12-2-4-13(19)5-3-12/h2-5,8H,6-7,10H2,1H3,(H,24,26). The molecular formula is C18H15F4N3OS. The minimum atomic E-state index is -4.68. The van der Waals surface area contributed by atoms with Gasteiger partial charge in [0.15, 0.2) is 0 Å². The van der Waals surface area contributed by atoms with Crippen LogP contribution in [0.2, 0.25) is 0 Å². The summed E-state index contributed by atoms with van der Waals surface area (Å²) in [6, 6.07) is 8.18. The Bertz CT molecular complexity index is 861. The van der Waals surface area contributed by atoms with Crippen LogP contribution < -0.4 is 5.32 Å². The minimum absolute atomic E-state index is 0.112. The predicted molar refractivity (Wildman–Crippen MR) is 92.5 cm³/mol. The summed E-state index contributed by atoms with van der Waals surface area (Å²) in [5.41, 5.74) is -0.694. The molecule has 0 aliphatic carbocycles. The van der Waals surface area contributed by atoms with E-state index in [2.05, 4.69) is 10.3 Å². The quantitative estimate of drug-likeness (QED) is 0.594. The SMILES string of the molecule is Cc1cc(C(F)(F)F)c(C#N)c(SCC(=O)NCCc2ccc(F)cc2)n1. The molecule has 0 aliphatic heterocycles. The number of hydrogen-bond acceptors (Lipinski definition) is 4. The molecule has 2 rings (SSSR count). The van der Waals surface area contributed by atoms with E-state index in [0.717, 1.165) is 23.4 Å². The lowest BCUT2D eigenvalue weighted by atomic mass is 10.1. The van der Waals surface area contributed by atoms with Crippen LogP contribution in [-0.4, -0.2) is 23.2 Å². The average Bonchev–Trinajstić information content (AvgIpc) is 2.60. The van der Waals surface area contributed by atoms with Gasteiger partial charge in [0.05, 0.1) is 16.9 Å². The maximum absolute atomic E-state index is 13.1. The number of amides is 1. The van der Waals surface area contributed by atoms with Crippen LogP contribution in [0.4, 0.5) is 17.6 Å². The lowest BCUT2D eigenvalue weighted by Gasteiger charge is -2.12. The number of alkyl halides is 3. The first-order valence-electron chi connectivity index (χ1n) is 7.83. The number of thioether (sulfide) groups is 1. The lowest BCUT2D eigenvalue weighted by molar-refractivity contribution is -0.138. The van der Waals surface area contributed by atoms with Gasteiger partial charge in [-0.2, -0.15) is 18.4 Å². The largest absolute Gasteiger partial charge is 0.417 e. The van der Waals surface area contributed by atoms with Crippen molar-refractivity contribution < 1.29 is 22.4 Å². The number of nitriles is 1. The molecular weight excluding hydrogens is 382 g/mol. The molecule has 1 aromatic carbocycles. The summed E-state index contributed by atoms with van der Waals surface area (Å²) in [6.07, 6.45) is -4.19. The third kappa shape index (κ3) is 5.96. The van der Waals surface area contributed by atoms with Gasteiger partial charge in [-0.15, -0.1) is 0 Å². The minimum Gasteiger partial charge on any atom is -0.355 e. The molecule has 0 aliphatic rings. The van der Waals surface area contributed by atoms with Gasteiger partial charge in [-0.3, -0.25) is 4.79 Å². The Morgan fingerprint density at radius 2 is 1.96 bits per heavy atom. The maximum atomic E-state index is 13.1. The number of nitrogens with zero attached hydrogens (tertiary/aromatic N) is 2. The Kier molecular flexibility index (Phi) is 6.80. The summed E-state index contributed by atoms with van der Waals surface area (Å²) < 4.78 is 52.0. The summed E-state index contributed by atoms with van der Waals surface area (Å²) in [5, 5.41) is 11.6. The second kappa shape index (κ2) is 8.86. The number of benzene rings is 1. The first-order chi connectivity index (χ1) is 12.7. The third-order valence-corrected chi connectivity index (χ3v) is 4.50. The van der Waals surface area contributed by atoms with E-state index in [4.69, 9.17) is 5.26 Å². The molecule has 0 saturated carbocycles. The van der Waals surface area contributed by atoms with Crippen molar-refractivity contribution in [2.45, 2.75) is 24.5 Å². The van der Waals surface area contributed by atoms with Crippen molar-refractivity contribution in [2.75, 3.05) is 12.3 Å². The summed E-state index contributed by atoms with van der Waals surface area (Å²) >= 11 is 0.777. The van der Waals surface area contributed by atoms with Gasteiger partial charge in [0, 0.05) is 12.2 Å². The van der Waals surface area contributed by atoms with Crippen LogP contribution in [0.15, 0.2) is 35.4 Å². The van der Waals surface area contributed by atoms with E-state index < -0.39 is 23.2 Å². The van der Waals surface area contributed by atoms with Crippen LogP contribution in [0.3, 0.4) is 0 Å². The highest BCUT2D eigenvalue weighted by Gasteiger charge is 2.35. The van der Waals surface area contributed by atoms with Crippen LogP contribution in [0.1, 0.15) is 22.4 Å². The molecule has 2 aromatic rings. The van der Waals surface area contributed by atoms with Crippen molar-refractivity contribution >= 4 is 17.7 Å². The monoisotopic (exact) mass is 397 g/mol. The van der Waals surface area contributed by atoms with E-state index in [1.807, 2.05) is 0 Å². The van der Waals surface area contributed by atoms with Gasteiger partial charge in [-0.05, 0) is 37.1 Å². The fourth-order valence-corrected chi connectivity index (χ4v) is 3.14. The molecule has 0 atom stereocenters. The van der Waals surface area contributed by atoms with E-state index in [-0.39, 0.29) is 22.3 Å².